The molecule has 8 heteroatoms. The first-order chi connectivity index (χ1) is 9.66. The quantitative estimate of drug-likeness (QED) is 0.856. The smallest absolute Gasteiger partial charge is 0.392 e. The highest BCUT2D eigenvalue weighted by Gasteiger charge is 2.38. The molecule has 2 rings (SSSR count). The lowest BCUT2D eigenvalue weighted by Gasteiger charge is -2.08. The highest BCUT2D eigenvalue weighted by molar-refractivity contribution is 6.31. The molecule has 0 spiro atoms. The summed E-state index contributed by atoms with van der Waals surface area (Å²) < 4.78 is 53.4. The molecule has 21 heavy (non-hydrogen) atoms. The Labute approximate surface area is 122 Å². The summed E-state index contributed by atoms with van der Waals surface area (Å²) in [7, 11) is 1.14. The van der Waals surface area contributed by atoms with E-state index >= 15 is 0 Å². The fourth-order valence-electron chi connectivity index (χ4n) is 2.18. The van der Waals surface area contributed by atoms with E-state index in [0.29, 0.717) is 4.68 Å². The number of halogens is 5. The molecule has 1 N–H and O–H groups in total. The SMILES string of the molecule is Cc1c(-c2cc(CO)c(Cl)cc2F)nn(C)c1C(F)(F)F. The average Bonchev–Trinajstić information content (AvgIpc) is 2.64. The molecule has 0 unspecified atom stereocenters. The third-order valence-corrected chi connectivity index (χ3v) is 3.47. The molecule has 0 saturated carbocycles. The van der Waals surface area contributed by atoms with E-state index in [1.807, 2.05) is 0 Å². The van der Waals surface area contributed by atoms with Gasteiger partial charge < -0.3 is 5.11 Å². The number of hydrogen-bond donors (Lipinski definition) is 1. The van der Waals surface area contributed by atoms with E-state index in [2.05, 4.69) is 5.10 Å². The molecule has 0 aliphatic heterocycles. The lowest BCUT2D eigenvalue weighted by Crippen LogP contribution is -2.13. The molecule has 1 aromatic carbocycles. The van der Waals surface area contributed by atoms with E-state index in [1.54, 1.807) is 0 Å². The number of hydrogen-bond acceptors (Lipinski definition) is 2. The second-order valence-corrected chi connectivity index (χ2v) is 4.93. The van der Waals surface area contributed by atoms with Crippen molar-refractivity contribution >= 4 is 11.6 Å². The summed E-state index contributed by atoms with van der Waals surface area (Å²) in [4.78, 5) is 0. The molecule has 0 amide bonds. The molecule has 0 saturated heterocycles. The van der Waals surface area contributed by atoms with Crippen LogP contribution in [0.15, 0.2) is 12.1 Å². The van der Waals surface area contributed by atoms with Gasteiger partial charge in [-0.2, -0.15) is 18.3 Å². The van der Waals surface area contributed by atoms with Gasteiger partial charge in [-0.15, -0.1) is 0 Å². The number of rotatable bonds is 2. The van der Waals surface area contributed by atoms with Gasteiger partial charge in [0.05, 0.1) is 12.3 Å². The fourth-order valence-corrected chi connectivity index (χ4v) is 2.39. The Morgan fingerprint density at radius 2 is 1.95 bits per heavy atom. The van der Waals surface area contributed by atoms with Crippen molar-refractivity contribution in [2.45, 2.75) is 19.7 Å². The third kappa shape index (κ3) is 2.75. The third-order valence-electron chi connectivity index (χ3n) is 3.11. The van der Waals surface area contributed by atoms with Gasteiger partial charge in [-0.25, -0.2) is 4.39 Å². The predicted molar refractivity (Wildman–Crippen MR) is 69.3 cm³/mol. The maximum atomic E-state index is 14.0. The molecule has 3 nitrogen and oxygen atoms in total. The Bertz CT molecular complexity index is 694. The number of aryl methyl sites for hydroxylation is 1. The van der Waals surface area contributed by atoms with Crippen molar-refractivity contribution in [2.75, 3.05) is 0 Å². The first-order valence-electron chi connectivity index (χ1n) is 5.86. The standard InChI is InChI=1S/C13H11ClF4N2O/c1-6-11(19-20(2)12(6)13(16,17)18)8-3-7(5-21)9(14)4-10(8)15/h3-4,21H,5H2,1-2H3. The molecular formula is C13H11ClF4N2O. The minimum absolute atomic E-state index is 0.00313. The van der Waals surface area contributed by atoms with Crippen LogP contribution in [-0.2, 0) is 19.8 Å². The Hall–Kier alpha value is -1.60. The van der Waals surface area contributed by atoms with Gasteiger partial charge >= 0.3 is 6.18 Å². The van der Waals surface area contributed by atoms with Gasteiger partial charge in [-0.3, -0.25) is 4.68 Å². The zero-order chi connectivity index (χ0) is 15.9. The van der Waals surface area contributed by atoms with Gasteiger partial charge in [0.15, 0.2) is 0 Å². The summed E-state index contributed by atoms with van der Waals surface area (Å²) in [5.41, 5.74) is -1.18. The minimum Gasteiger partial charge on any atom is -0.392 e. The maximum Gasteiger partial charge on any atom is 0.433 e. The molecule has 0 atom stereocenters. The van der Waals surface area contributed by atoms with Crippen molar-refractivity contribution < 1.29 is 22.7 Å². The lowest BCUT2D eigenvalue weighted by molar-refractivity contribution is -0.144. The van der Waals surface area contributed by atoms with E-state index in [-0.39, 0.29) is 27.4 Å². The second-order valence-electron chi connectivity index (χ2n) is 4.53. The second kappa shape index (κ2) is 5.31. The number of nitrogens with zero attached hydrogens (tertiary/aromatic N) is 2. The fraction of sp³-hybridized carbons (Fsp3) is 0.308. The van der Waals surface area contributed by atoms with E-state index < -0.39 is 24.3 Å². The van der Waals surface area contributed by atoms with Crippen LogP contribution in [0.2, 0.25) is 5.02 Å². The van der Waals surface area contributed by atoms with E-state index in [9.17, 15) is 17.6 Å². The van der Waals surface area contributed by atoms with E-state index in [0.717, 1.165) is 13.1 Å². The van der Waals surface area contributed by atoms with Crippen molar-refractivity contribution in [2.24, 2.45) is 7.05 Å². The topological polar surface area (TPSA) is 38.1 Å². The largest absolute Gasteiger partial charge is 0.433 e. The highest BCUT2D eigenvalue weighted by atomic mass is 35.5. The van der Waals surface area contributed by atoms with Crippen molar-refractivity contribution in [1.82, 2.24) is 9.78 Å². The van der Waals surface area contributed by atoms with Crippen molar-refractivity contribution in [3.05, 3.63) is 39.8 Å². The van der Waals surface area contributed by atoms with Crippen LogP contribution in [0.4, 0.5) is 17.6 Å². The average molecular weight is 323 g/mol. The monoisotopic (exact) mass is 322 g/mol. The summed E-state index contributed by atoms with van der Waals surface area (Å²) >= 11 is 5.73. The normalized spacial score (nSPS) is 12.0. The Morgan fingerprint density at radius 3 is 2.43 bits per heavy atom. The van der Waals surface area contributed by atoms with Gasteiger partial charge in [-0.05, 0) is 24.6 Å². The molecule has 2 aromatic rings. The Kier molecular flexibility index (Phi) is 3.99. The lowest BCUT2D eigenvalue weighted by atomic mass is 10.0. The van der Waals surface area contributed by atoms with E-state index in [4.69, 9.17) is 16.7 Å². The molecular weight excluding hydrogens is 312 g/mol. The van der Waals surface area contributed by atoms with Gasteiger partial charge in [-0.1, -0.05) is 11.6 Å². The summed E-state index contributed by atoms with van der Waals surface area (Å²) in [6.45, 7) is 0.766. The van der Waals surface area contributed by atoms with Crippen molar-refractivity contribution in [1.29, 1.82) is 0 Å². The molecule has 1 heterocycles. The molecule has 0 fully saturated rings. The van der Waals surface area contributed by atoms with Crippen LogP contribution in [0.25, 0.3) is 11.3 Å². The minimum atomic E-state index is -4.59. The number of aliphatic hydroxyl groups excluding tert-OH is 1. The van der Waals surface area contributed by atoms with Gasteiger partial charge in [0.25, 0.3) is 0 Å². The van der Waals surface area contributed by atoms with Crippen molar-refractivity contribution in [3.8, 4) is 11.3 Å². The highest BCUT2D eigenvalue weighted by Crippen LogP contribution is 2.37. The van der Waals surface area contributed by atoms with Gasteiger partial charge in [0, 0.05) is 23.2 Å². The Morgan fingerprint density at radius 1 is 1.33 bits per heavy atom. The van der Waals surface area contributed by atoms with Gasteiger partial charge in [0.2, 0.25) is 0 Å². The zero-order valence-electron chi connectivity index (χ0n) is 11.1. The summed E-state index contributed by atoms with van der Waals surface area (Å²) in [6, 6.07) is 2.15. The van der Waals surface area contributed by atoms with E-state index in [1.165, 1.54) is 13.0 Å². The molecule has 0 bridgehead atoms. The maximum absolute atomic E-state index is 14.0. The molecule has 0 aliphatic carbocycles. The van der Waals surface area contributed by atoms with Crippen LogP contribution >= 0.6 is 11.6 Å². The number of benzene rings is 1. The summed E-state index contributed by atoms with van der Waals surface area (Å²) in [6.07, 6.45) is -4.59. The Balaban J connectivity index is 2.69. The van der Waals surface area contributed by atoms with Crippen LogP contribution in [-0.4, -0.2) is 14.9 Å². The first-order valence-corrected chi connectivity index (χ1v) is 6.24. The summed E-state index contributed by atoms with van der Waals surface area (Å²) in [5, 5.41) is 12.9. The van der Waals surface area contributed by atoms with Crippen LogP contribution in [0, 0.1) is 12.7 Å². The molecule has 114 valence electrons. The first kappa shape index (κ1) is 15.8. The van der Waals surface area contributed by atoms with Crippen LogP contribution in [0.3, 0.4) is 0 Å². The number of aliphatic hydroxyl groups is 1. The molecule has 0 radical (unpaired) electrons. The van der Waals surface area contributed by atoms with Crippen LogP contribution < -0.4 is 0 Å². The molecule has 1 aromatic heterocycles. The zero-order valence-corrected chi connectivity index (χ0v) is 11.8. The number of aromatic nitrogens is 2. The predicted octanol–water partition coefficient (Wildman–Crippen LogP) is 3.70. The number of alkyl halides is 3. The van der Waals surface area contributed by atoms with Gasteiger partial charge in [0.1, 0.15) is 11.5 Å². The summed E-state index contributed by atoms with van der Waals surface area (Å²) in [5.74, 6) is -0.799. The van der Waals surface area contributed by atoms with Crippen LogP contribution in [0.5, 0.6) is 0 Å². The molecule has 0 aliphatic rings. The van der Waals surface area contributed by atoms with Crippen molar-refractivity contribution in [3.63, 3.8) is 0 Å². The van der Waals surface area contributed by atoms with Crippen LogP contribution in [0.1, 0.15) is 16.8 Å².